The van der Waals surface area contributed by atoms with Crippen molar-refractivity contribution in [1.82, 2.24) is 0 Å². The summed E-state index contributed by atoms with van der Waals surface area (Å²) in [5, 5.41) is 6.44. The first-order chi connectivity index (χ1) is 8.81. The number of hydrogen-bond acceptors (Lipinski definition) is 3. The molecule has 1 aromatic carbocycles. The highest BCUT2D eigenvalue weighted by atomic mass is 32.2. The van der Waals surface area contributed by atoms with E-state index in [1.54, 1.807) is 0 Å². The molecule has 0 aromatic heterocycles. The maximum Gasteiger partial charge on any atom is 0.224 e. The van der Waals surface area contributed by atoms with Crippen LogP contribution in [-0.4, -0.2) is 24.0 Å². The smallest absolute Gasteiger partial charge is 0.224 e. The highest BCUT2D eigenvalue weighted by molar-refractivity contribution is 7.99. The lowest BCUT2D eigenvalue weighted by atomic mass is 10.0. The summed E-state index contributed by atoms with van der Waals surface area (Å²) < 4.78 is 0. The lowest BCUT2D eigenvalue weighted by Crippen LogP contribution is -2.19. The zero-order valence-corrected chi connectivity index (χ0v) is 11.2. The summed E-state index contributed by atoms with van der Waals surface area (Å²) >= 11 is 2.05. The summed E-state index contributed by atoms with van der Waals surface area (Å²) in [6.45, 7) is 1.07. The zero-order chi connectivity index (χ0) is 12.4. The van der Waals surface area contributed by atoms with Gasteiger partial charge in [0.25, 0.3) is 0 Å². The van der Waals surface area contributed by atoms with Gasteiger partial charge < -0.3 is 10.6 Å². The molecule has 0 saturated carbocycles. The fourth-order valence-electron chi connectivity index (χ4n) is 2.50. The van der Waals surface area contributed by atoms with Gasteiger partial charge in [-0.2, -0.15) is 11.8 Å². The third-order valence-electron chi connectivity index (χ3n) is 3.62. The first-order valence-corrected chi connectivity index (χ1v) is 7.71. The number of amides is 1. The van der Waals surface area contributed by atoms with Gasteiger partial charge in [0.1, 0.15) is 0 Å². The lowest BCUT2D eigenvalue weighted by Gasteiger charge is -2.18. The predicted octanol–water partition coefficient (Wildman–Crippen LogP) is 2.74. The molecular weight excluding hydrogens is 244 g/mol. The van der Waals surface area contributed by atoms with E-state index in [1.165, 1.54) is 29.2 Å². The molecule has 18 heavy (non-hydrogen) atoms. The molecule has 0 spiro atoms. The van der Waals surface area contributed by atoms with Crippen LogP contribution in [0.5, 0.6) is 0 Å². The Hall–Kier alpha value is -1.16. The molecule has 2 aliphatic rings. The first kappa shape index (κ1) is 11.9. The molecule has 2 N–H and O–H groups in total. The normalized spacial score (nSPS) is 22.4. The second kappa shape index (κ2) is 5.22. The van der Waals surface area contributed by atoms with Crippen molar-refractivity contribution < 1.29 is 4.79 Å². The average molecular weight is 262 g/mol. The van der Waals surface area contributed by atoms with Gasteiger partial charge in [-0.05, 0) is 54.0 Å². The molecule has 0 aliphatic carbocycles. The molecule has 1 fully saturated rings. The Morgan fingerprint density at radius 2 is 2.33 bits per heavy atom. The van der Waals surface area contributed by atoms with Crippen molar-refractivity contribution in [3.8, 4) is 0 Å². The molecule has 1 saturated heterocycles. The van der Waals surface area contributed by atoms with E-state index in [4.69, 9.17) is 0 Å². The van der Waals surface area contributed by atoms with Crippen LogP contribution >= 0.6 is 11.8 Å². The van der Waals surface area contributed by atoms with Crippen LogP contribution in [0.25, 0.3) is 0 Å². The molecule has 1 aromatic rings. The van der Waals surface area contributed by atoms with Gasteiger partial charge in [-0.25, -0.2) is 0 Å². The van der Waals surface area contributed by atoms with E-state index in [9.17, 15) is 4.79 Å². The summed E-state index contributed by atoms with van der Waals surface area (Å²) in [6.07, 6.45) is 2.80. The van der Waals surface area contributed by atoms with Gasteiger partial charge >= 0.3 is 0 Å². The van der Waals surface area contributed by atoms with Gasteiger partial charge in [-0.15, -0.1) is 0 Å². The van der Waals surface area contributed by atoms with Crippen molar-refractivity contribution in [3.05, 3.63) is 23.8 Å². The summed E-state index contributed by atoms with van der Waals surface area (Å²) in [7, 11) is 0. The topological polar surface area (TPSA) is 41.1 Å². The molecule has 96 valence electrons. The summed E-state index contributed by atoms with van der Waals surface area (Å²) in [6, 6.07) is 6.25. The Morgan fingerprint density at radius 1 is 1.39 bits per heavy atom. The van der Waals surface area contributed by atoms with Crippen molar-refractivity contribution in [2.75, 3.05) is 28.7 Å². The SMILES string of the molecule is O=C1CCc2cc(NCC3CCSC3)ccc2N1. The first-order valence-electron chi connectivity index (χ1n) is 6.55. The number of nitrogens with one attached hydrogen (secondary N) is 2. The third-order valence-corrected chi connectivity index (χ3v) is 4.85. The number of aryl methyl sites for hydroxylation is 1. The van der Waals surface area contributed by atoms with E-state index < -0.39 is 0 Å². The molecule has 2 heterocycles. The monoisotopic (exact) mass is 262 g/mol. The lowest BCUT2D eigenvalue weighted by molar-refractivity contribution is -0.116. The van der Waals surface area contributed by atoms with Crippen LogP contribution in [0, 0.1) is 5.92 Å². The highest BCUT2D eigenvalue weighted by Gasteiger charge is 2.17. The van der Waals surface area contributed by atoms with E-state index in [0.717, 1.165) is 24.6 Å². The number of anilines is 2. The van der Waals surface area contributed by atoms with E-state index >= 15 is 0 Å². The summed E-state index contributed by atoms with van der Waals surface area (Å²) in [4.78, 5) is 11.3. The molecule has 1 amide bonds. The second-order valence-corrected chi connectivity index (χ2v) is 6.18. The Balaban J connectivity index is 1.64. The van der Waals surface area contributed by atoms with Crippen molar-refractivity contribution in [1.29, 1.82) is 0 Å². The Bertz CT molecular complexity index is 455. The number of thioether (sulfide) groups is 1. The minimum Gasteiger partial charge on any atom is -0.385 e. The molecule has 3 nitrogen and oxygen atoms in total. The predicted molar refractivity (Wildman–Crippen MR) is 77.3 cm³/mol. The molecule has 0 radical (unpaired) electrons. The van der Waals surface area contributed by atoms with Crippen molar-refractivity contribution >= 4 is 29.0 Å². The molecule has 1 unspecified atom stereocenters. The quantitative estimate of drug-likeness (QED) is 0.880. The molecule has 3 rings (SSSR count). The molecule has 1 atom stereocenters. The Morgan fingerprint density at radius 3 is 3.17 bits per heavy atom. The van der Waals surface area contributed by atoms with Crippen LogP contribution in [-0.2, 0) is 11.2 Å². The van der Waals surface area contributed by atoms with Crippen LogP contribution in [0.2, 0.25) is 0 Å². The van der Waals surface area contributed by atoms with Crippen LogP contribution in [0.15, 0.2) is 18.2 Å². The Labute approximate surface area is 112 Å². The van der Waals surface area contributed by atoms with Crippen LogP contribution < -0.4 is 10.6 Å². The number of hydrogen-bond donors (Lipinski definition) is 2. The van der Waals surface area contributed by atoms with E-state index in [-0.39, 0.29) is 5.91 Å². The zero-order valence-electron chi connectivity index (χ0n) is 10.4. The van der Waals surface area contributed by atoms with Crippen LogP contribution in [0.3, 0.4) is 0 Å². The van der Waals surface area contributed by atoms with Crippen molar-refractivity contribution in [2.45, 2.75) is 19.3 Å². The third kappa shape index (κ3) is 2.64. The number of rotatable bonds is 3. The van der Waals surface area contributed by atoms with Gasteiger partial charge in [0.2, 0.25) is 5.91 Å². The number of fused-ring (bicyclic) bond motifs is 1. The fourth-order valence-corrected chi connectivity index (χ4v) is 3.78. The molecular formula is C14H18N2OS. The molecule has 0 bridgehead atoms. The molecule has 2 aliphatic heterocycles. The number of carbonyl (C=O) groups excluding carboxylic acids is 1. The van der Waals surface area contributed by atoms with Gasteiger partial charge in [0, 0.05) is 24.3 Å². The highest BCUT2D eigenvalue weighted by Crippen LogP contribution is 2.27. The fraction of sp³-hybridized carbons (Fsp3) is 0.500. The van der Waals surface area contributed by atoms with Crippen LogP contribution in [0.4, 0.5) is 11.4 Å². The largest absolute Gasteiger partial charge is 0.385 e. The Kier molecular flexibility index (Phi) is 3.46. The number of benzene rings is 1. The van der Waals surface area contributed by atoms with Crippen molar-refractivity contribution in [2.24, 2.45) is 5.92 Å². The standard InChI is InChI=1S/C14H18N2OS/c17-14-4-1-11-7-12(2-3-13(11)16-14)15-8-10-5-6-18-9-10/h2-3,7,10,15H,1,4-6,8-9H2,(H,16,17). The van der Waals surface area contributed by atoms with Gasteiger partial charge in [0.05, 0.1) is 0 Å². The van der Waals surface area contributed by atoms with E-state index in [0.29, 0.717) is 6.42 Å². The van der Waals surface area contributed by atoms with E-state index in [1.807, 2.05) is 6.07 Å². The maximum atomic E-state index is 11.3. The van der Waals surface area contributed by atoms with Gasteiger partial charge in [-0.1, -0.05) is 0 Å². The minimum absolute atomic E-state index is 0.131. The van der Waals surface area contributed by atoms with E-state index in [2.05, 4.69) is 34.5 Å². The second-order valence-electron chi connectivity index (χ2n) is 5.03. The minimum atomic E-state index is 0.131. The van der Waals surface area contributed by atoms with Gasteiger partial charge in [0.15, 0.2) is 0 Å². The summed E-state index contributed by atoms with van der Waals surface area (Å²) in [5.74, 6) is 3.54. The molecule has 4 heteroatoms. The van der Waals surface area contributed by atoms with Gasteiger partial charge in [-0.3, -0.25) is 4.79 Å². The van der Waals surface area contributed by atoms with Crippen molar-refractivity contribution in [3.63, 3.8) is 0 Å². The summed E-state index contributed by atoms with van der Waals surface area (Å²) in [5.41, 5.74) is 3.41. The van der Waals surface area contributed by atoms with Crippen LogP contribution in [0.1, 0.15) is 18.4 Å². The maximum absolute atomic E-state index is 11.3. The number of carbonyl (C=O) groups is 1. The average Bonchev–Trinajstić information content (AvgIpc) is 2.89.